The highest BCUT2D eigenvalue weighted by molar-refractivity contribution is 5.76. The molecule has 0 aliphatic heterocycles. The summed E-state index contributed by atoms with van der Waals surface area (Å²) in [5.74, 6) is -0.0470. The van der Waals surface area contributed by atoms with Crippen molar-refractivity contribution in [2.75, 3.05) is 13.2 Å². The Morgan fingerprint density at radius 2 is 0.610 bits per heavy atom. The molecule has 0 bridgehead atoms. The van der Waals surface area contributed by atoms with Gasteiger partial charge in [0.1, 0.15) is 0 Å². The van der Waals surface area contributed by atoms with Crippen molar-refractivity contribution >= 4 is 11.9 Å². The minimum absolute atomic E-state index is 0.0146. The Morgan fingerprint density at radius 3 is 0.951 bits per heavy atom. The molecule has 82 heavy (non-hydrogen) atoms. The largest absolute Gasteiger partial charge is 0.466 e. The quantitative estimate of drug-likeness (QED) is 0.0320. The first-order valence-corrected chi connectivity index (χ1v) is 37.3. The van der Waals surface area contributed by atoms with Crippen LogP contribution in [0.25, 0.3) is 0 Å². The second-order valence-corrected chi connectivity index (χ2v) is 25.6. The number of ether oxygens (including phenoxy) is 1. The number of aliphatic hydroxyl groups excluding tert-OH is 2. The van der Waals surface area contributed by atoms with Gasteiger partial charge in [0.2, 0.25) is 5.91 Å². The minimum atomic E-state index is -0.843. The molecule has 484 valence electrons. The van der Waals surface area contributed by atoms with E-state index in [1.165, 1.54) is 334 Å². The van der Waals surface area contributed by atoms with Gasteiger partial charge >= 0.3 is 5.97 Å². The summed E-state index contributed by atoms with van der Waals surface area (Å²) in [6.07, 6.45) is 92.4. The second-order valence-electron chi connectivity index (χ2n) is 25.6. The number of aliphatic hydroxyl groups is 2. The monoisotopic (exact) mass is 1150 g/mol. The molecule has 0 aliphatic rings. The molecule has 0 aromatic rings. The van der Waals surface area contributed by atoms with Gasteiger partial charge in [-0.1, -0.05) is 371 Å². The Morgan fingerprint density at radius 1 is 0.341 bits per heavy atom. The van der Waals surface area contributed by atoms with E-state index in [4.69, 9.17) is 4.74 Å². The average Bonchev–Trinajstić information content (AvgIpc) is 3.48. The van der Waals surface area contributed by atoms with Crippen LogP contribution < -0.4 is 5.32 Å². The molecule has 0 aromatic carbocycles. The SMILES string of the molecule is CCCCC/C=C\C/C=C\CCCCCCCCCCCC(=O)OCCCCCCCCCCCCCCCCCCCCCCCCCCCCCC(=O)NC(CO)C(O)/C=C/CCCCCCCCCCCCCCCCCCC. The normalized spacial score (nSPS) is 12.7. The number of amides is 1. The van der Waals surface area contributed by atoms with Crippen LogP contribution in [0.4, 0.5) is 0 Å². The lowest BCUT2D eigenvalue weighted by Gasteiger charge is -2.20. The van der Waals surface area contributed by atoms with Crippen LogP contribution >= 0.6 is 0 Å². The molecule has 0 fully saturated rings. The summed E-state index contributed by atoms with van der Waals surface area (Å²) in [7, 11) is 0. The van der Waals surface area contributed by atoms with E-state index in [2.05, 4.69) is 43.5 Å². The van der Waals surface area contributed by atoms with Gasteiger partial charge < -0.3 is 20.3 Å². The second kappa shape index (κ2) is 71.6. The zero-order valence-electron chi connectivity index (χ0n) is 55.5. The van der Waals surface area contributed by atoms with E-state index in [0.717, 1.165) is 51.4 Å². The van der Waals surface area contributed by atoms with E-state index in [-0.39, 0.29) is 18.5 Å². The molecule has 6 heteroatoms. The number of esters is 1. The predicted octanol–water partition coefficient (Wildman–Crippen LogP) is 24.3. The lowest BCUT2D eigenvalue weighted by molar-refractivity contribution is -0.143. The fourth-order valence-corrected chi connectivity index (χ4v) is 11.7. The fraction of sp³-hybridized carbons (Fsp3) is 0.895. The molecule has 0 aliphatic carbocycles. The molecule has 2 atom stereocenters. The van der Waals surface area contributed by atoms with Crippen molar-refractivity contribution in [3.05, 3.63) is 36.5 Å². The van der Waals surface area contributed by atoms with Crippen LogP contribution in [0.5, 0.6) is 0 Å². The third-order valence-electron chi connectivity index (χ3n) is 17.4. The van der Waals surface area contributed by atoms with Gasteiger partial charge in [0.05, 0.1) is 25.4 Å². The fourth-order valence-electron chi connectivity index (χ4n) is 11.7. The Hall–Kier alpha value is -1.92. The molecule has 0 spiro atoms. The maximum absolute atomic E-state index is 12.5. The van der Waals surface area contributed by atoms with Crippen LogP contribution in [0.3, 0.4) is 0 Å². The summed E-state index contributed by atoms with van der Waals surface area (Å²) in [6, 6.07) is -0.627. The molecule has 1 amide bonds. The van der Waals surface area contributed by atoms with Crippen molar-refractivity contribution in [1.82, 2.24) is 5.32 Å². The molecular weight excluding hydrogens is 1010 g/mol. The number of nitrogens with one attached hydrogen (secondary N) is 1. The first kappa shape index (κ1) is 80.1. The number of hydrogen-bond acceptors (Lipinski definition) is 5. The van der Waals surface area contributed by atoms with Crippen LogP contribution in [0, 0.1) is 0 Å². The van der Waals surface area contributed by atoms with E-state index in [0.29, 0.717) is 19.4 Å². The number of rotatable bonds is 70. The standard InChI is InChI=1S/C76H145NO5/c1-3-5-7-9-11-13-15-17-19-21-32-36-40-44-48-52-56-60-64-68-74(79)73(72-78)77-75(80)69-65-61-57-53-49-45-41-37-34-30-28-26-24-23-25-27-29-31-35-39-43-47-51-55-59-63-67-71-82-76(81)70-66-62-58-54-50-46-42-38-33-22-20-18-16-14-12-10-8-6-4-2/h12,14,18,20,64,68,73-74,78-79H,3-11,13,15-17,19,21-63,65-67,69-72H2,1-2H3,(H,77,80)/b14-12-,20-18-,68-64+. The van der Waals surface area contributed by atoms with Gasteiger partial charge in [-0.25, -0.2) is 0 Å². The van der Waals surface area contributed by atoms with Crippen LogP contribution in [0.1, 0.15) is 412 Å². The average molecular weight is 1150 g/mol. The zero-order chi connectivity index (χ0) is 59.2. The number of carbonyl (C=O) groups is 2. The maximum atomic E-state index is 12.5. The Balaban J connectivity index is 3.36. The lowest BCUT2D eigenvalue weighted by Crippen LogP contribution is -2.45. The molecule has 0 rings (SSSR count). The van der Waals surface area contributed by atoms with Gasteiger partial charge in [0.25, 0.3) is 0 Å². The highest BCUT2D eigenvalue weighted by atomic mass is 16.5. The third-order valence-corrected chi connectivity index (χ3v) is 17.4. The van der Waals surface area contributed by atoms with Crippen LogP contribution in [-0.4, -0.2) is 47.4 Å². The van der Waals surface area contributed by atoms with E-state index in [1.807, 2.05) is 6.08 Å². The van der Waals surface area contributed by atoms with Crippen molar-refractivity contribution in [3.8, 4) is 0 Å². The Kier molecular flexibility index (Phi) is 69.9. The lowest BCUT2D eigenvalue weighted by atomic mass is 10.0. The van der Waals surface area contributed by atoms with Gasteiger partial charge in [-0.3, -0.25) is 9.59 Å². The number of allylic oxidation sites excluding steroid dienone is 5. The molecule has 3 N–H and O–H groups in total. The van der Waals surface area contributed by atoms with E-state index < -0.39 is 12.1 Å². The van der Waals surface area contributed by atoms with E-state index in [9.17, 15) is 19.8 Å². The van der Waals surface area contributed by atoms with Crippen LogP contribution in [0.15, 0.2) is 36.5 Å². The van der Waals surface area contributed by atoms with Crippen LogP contribution in [0.2, 0.25) is 0 Å². The molecule has 6 nitrogen and oxygen atoms in total. The maximum Gasteiger partial charge on any atom is 0.305 e. The number of hydrogen-bond donors (Lipinski definition) is 3. The summed E-state index contributed by atoms with van der Waals surface area (Å²) in [4.78, 5) is 24.6. The number of unbranched alkanes of at least 4 members (excludes halogenated alkanes) is 55. The molecule has 0 radical (unpaired) electrons. The molecule has 0 saturated heterocycles. The summed E-state index contributed by atoms with van der Waals surface area (Å²) >= 11 is 0. The van der Waals surface area contributed by atoms with Gasteiger partial charge in [0, 0.05) is 12.8 Å². The van der Waals surface area contributed by atoms with Crippen molar-refractivity contribution < 1.29 is 24.5 Å². The summed E-state index contributed by atoms with van der Waals surface area (Å²) in [6.45, 7) is 4.92. The van der Waals surface area contributed by atoms with Crippen molar-refractivity contribution in [2.45, 2.75) is 424 Å². The van der Waals surface area contributed by atoms with Crippen molar-refractivity contribution in [1.29, 1.82) is 0 Å². The van der Waals surface area contributed by atoms with Gasteiger partial charge in [-0.05, 0) is 64.2 Å². The van der Waals surface area contributed by atoms with Crippen molar-refractivity contribution in [2.24, 2.45) is 0 Å². The summed E-state index contributed by atoms with van der Waals surface area (Å²) in [5.41, 5.74) is 0. The molecule has 0 aromatic heterocycles. The minimum Gasteiger partial charge on any atom is -0.466 e. The Labute approximate surface area is 513 Å². The van der Waals surface area contributed by atoms with Gasteiger partial charge in [0.15, 0.2) is 0 Å². The molecule has 0 heterocycles. The Bertz CT molecular complexity index is 1330. The molecule has 0 saturated carbocycles. The van der Waals surface area contributed by atoms with E-state index in [1.54, 1.807) is 6.08 Å². The van der Waals surface area contributed by atoms with E-state index >= 15 is 0 Å². The molecular formula is C76H145NO5. The highest BCUT2D eigenvalue weighted by Gasteiger charge is 2.18. The summed E-state index contributed by atoms with van der Waals surface area (Å²) in [5, 5.41) is 23.2. The van der Waals surface area contributed by atoms with Crippen LogP contribution in [-0.2, 0) is 14.3 Å². The molecule has 2 unspecified atom stereocenters. The highest BCUT2D eigenvalue weighted by Crippen LogP contribution is 2.19. The topological polar surface area (TPSA) is 95.9 Å². The predicted molar refractivity (Wildman–Crippen MR) is 361 cm³/mol. The first-order valence-electron chi connectivity index (χ1n) is 37.3. The third kappa shape index (κ3) is 67.2. The summed E-state index contributed by atoms with van der Waals surface area (Å²) < 4.78 is 5.51. The van der Waals surface area contributed by atoms with Gasteiger partial charge in [-0.2, -0.15) is 0 Å². The smallest absolute Gasteiger partial charge is 0.305 e. The zero-order valence-corrected chi connectivity index (χ0v) is 55.5. The first-order chi connectivity index (χ1) is 40.5. The van der Waals surface area contributed by atoms with Crippen molar-refractivity contribution in [3.63, 3.8) is 0 Å². The van der Waals surface area contributed by atoms with Gasteiger partial charge in [-0.15, -0.1) is 0 Å². The number of carbonyl (C=O) groups excluding carboxylic acids is 2.